The lowest BCUT2D eigenvalue weighted by Crippen LogP contribution is -2.47. The standard InChI is InChI=1S/C16H19F3N6/c1-23(2)13-4-6-21-15(22-13)25-9-7-24(8-10-25)14-11-12(3-5-20-14)16(17,18)19/h3-6,11H,7-10H2,1-2H3. The molecule has 0 bridgehead atoms. The van der Waals surface area contributed by atoms with Gasteiger partial charge in [-0.1, -0.05) is 0 Å². The van der Waals surface area contributed by atoms with E-state index in [-0.39, 0.29) is 0 Å². The average molecular weight is 352 g/mol. The largest absolute Gasteiger partial charge is 0.416 e. The van der Waals surface area contributed by atoms with Crippen LogP contribution in [-0.2, 0) is 6.18 Å². The predicted octanol–water partition coefficient (Wildman–Crippen LogP) is 2.28. The van der Waals surface area contributed by atoms with E-state index in [1.54, 1.807) is 6.20 Å². The summed E-state index contributed by atoms with van der Waals surface area (Å²) in [5.74, 6) is 1.78. The first-order valence-corrected chi connectivity index (χ1v) is 7.88. The number of alkyl halides is 3. The van der Waals surface area contributed by atoms with Gasteiger partial charge < -0.3 is 14.7 Å². The first-order valence-electron chi connectivity index (χ1n) is 7.88. The number of nitrogens with zero attached hydrogens (tertiary/aromatic N) is 6. The van der Waals surface area contributed by atoms with Crippen LogP contribution < -0.4 is 14.7 Å². The van der Waals surface area contributed by atoms with Gasteiger partial charge in [0.05, 0.1) is 5.56 Å². The summed E-state index contributed by atoms with van der Waals surface area (Å²) >= 11 is 0. The van der Waals surface area contributed by atoms with E-state index in [2.05, 4.69) is 15.0 Å². The minimum atomic E-state index is -4.36. The number of hydrogen-bond donors (Lipinski definition) is 0. The number of pyridine rings is 1. The van der Waals surface area contributed by atoms with Crippen molar-refractivity contribution in [2.75, 3.05) is 55.0 Å². The maximum Gasteiger partial charge on any atom is 0.416 e. The Hall–Kier alpha value is -2.58. The smallest absolute Gasteiger partial charge is 0.363 e. The molecule has 0 amide bonds. The van der Waals surface area contributed by atoms with E-state index in [1.807, 2.05) is 34.9 Å². The molecule has 3 rings (SSSR count). The van der Waals surface area contributed by atoms with E-state index in [0.29, 0.717) is 37.9 Å². The lowest BCUT2D eigenvalue weighted by Gasteiger charge is -2.35. The second-order valence-electron chi connectivity index (χ2n) is 5.98. The van der Waals surface area contributed by atoms with Crippen LogP contribution in [0.2, 0.25) is 0 Å². The van der Waals surface area contributed by atoms with Crippen LogP contribution in [0, 0.1) is 0 Å². The SMILES string of the molecule is CN(C)c1ccnc(N2CCN(c3cc(C(F)(F)F)ccn3)CC2)n1. The molecule has 1 aliphatic rings. The summed E-state index contributed by atoms with van der Waals surface area (Å²) in [6.45, 7) is 2.36. The molecule has 0 N–H and O–H groups in total. The van der Waals surface area contributed by atoms with Crippen LogP contribution in [-0.4, -0.2) is 55.2 Å². The topological polar surface area (TPSA) is 48.4 Å². The number of piperazine rings is 1. The van der Waals surface area contributed by atoms with E-state index >= 15 is 0 Å². The van der Waals surface area contributed by atoms with Gasteiger partial charge in [0, 0.05) is 52.7 Å². The lowest BCUT2D eigenvalue weighted by molar-refractivity contribution is -0.137. The van der Waals surface area contributed by atoms with Gasteiger partial charge in [-0.3, -0.25) is 0 Å². The van der Waals surface area contributed by atoms with E-state index in [4.69, 9.17) is 0 Å². The minimum Gasteiger partial charge on any atom is -0.363 e. The number of rotatable bonds is 3. The Balaban J connectivity index is 1.69. The molecule has 9 heteroatoms. The van der Waals surface area contributed by atoms with Gasteiger partial charge in [0.2, 0.25) is 5.95 Å². The van der Waals surface area contributed by atoms with Crippen LogP contribution in [0.1, 0.15) is 5.56 Å². The molecule has 1 aliphatic heterocycles. The fourth-order valence-electron chi connectivity index (χ4n) is 2.64. The van der Waals surface area contributed by atoms with Crippen molar-refractivity contribution in [2.45, 2.75) is 6.18 Å². The second-order valence-corrected chi connectivity index (χ2v) is 5.98. The Morgan fingerprint density at radius 3 is 2.24 bits per heavy atom. The van der Waals surface area contributed by atoms with Crippen molar-refractivity contribution in [1.82, 2.24) is 15.0 Å². The molecule has 1 saturated heterocycles. The highest BCUT2D eigenvalue weighted by molar-refractivity contribution is 5.46. The normalized spacial score (nSPS) is 15.4. The average Bonchev–Trinajstić information content (AvgIpc) is 2.61. The van der Waals surface area contributed by atoms with Crippen LogP contribution in [0.25, 0.3) is 0 Å². The Morgan fingerprint density at radius 2 is 1.60 bits per heavy atom. The van der Waals surface area contributed by atoms with Gasteiger partial charge in [-0.05, 0) is 18.2 Å². The summed E-state index contributed by atoms with van der Waals surface area (Å²) in [4.78, 5) is 18.6. The highest BCUT2D eigenvalue weighted by Crippen LogP contribution is 2.31. The molecule has 134 valence electrons. The van der Waals surface area contributed by atoms with Crippen molar-refractivity contribution in [3.63, 3.8) is 0 Å². The molecule has 0 unspecified atom stereocenters. The Morgan fingerprint density at radius 1 is 0.960 bits per heavy atom. The molecule has 0 aliphatic carbocycles. The summed E-state index contributed by atoms with van der Waals surface area (Å²) in [6, 6.07) is 3.91. The van der Waals surface area contributed by atoms with Gasteiger partial charge in [-0.2, -0.15) is 18.2 Å². The third-order valence-electron chi connectivity index (χ3n) is 4.05. The van der Waals surface area contributed by atoms with E-state index in [1.165, 1.54) is 6.20 Å². The number of anilines is 3. The van der Waals surface area contributed by atoms with Gasteiger partial charge in [0.25, 0.3) is 0 Å². The molecule has 2 aromatic heterocycles. The Labute approximate surface area is 143 Å². The maximum atomic E-state index is 12.8. The minimum absolute atomic E-state index is 0.345. The third-order valence-corrected chi connectivity index (χ3v) is 4.05. The van der Waals surface area contributed by atoms with Crippen molar-refractivity contribution < 1.29 is 13.2 Å². The molecule has 0 radical (unpaired) electrons. The molecule has 0 atom stereocenters. The summed E-state index contributed by atoms with van der Waals surface area (Å²) in [6.07, 6.45) is -1.45. The lowest BCUT2D eigenvalue weighted by atomic mass is 10.2. The summed E-state index contributed by atoms with van der Waals surface area (Å²) in [7, 11) is 3.81. The van der Waals surface area contributed by atoms with Crippen molar-refractivity contribution in [1.29, 1.82) is 0 Å². The molecule has 0 saturated carbocycles. The zero-order chi connectivity index (χ0) is 18.0. The van der Waals surface area contributed by atoms with E-state index < -0.39 is 11.7 Å². The van der Waals surface area contributed by atoms with Crippen LogP contribution in [0.4, 0.5) is 30.8 Å². The second kappa shape index (κ2) is 6.73. The van der Waals surface area contributed by atoms with Gasteiger partial charge >= 0.3 is 6.18 Å². The molecule has 25 heavy (non-hydrogen) atoms. The summed E-state index contributed by atoms with van der Waals surface area (Å²) < 4.78 is 38.5. The fourth-order valence-corrected chi connectivity index (χ4v) is 2.64. The quantitative estimate of drug-likeness (QED) is 0.845. The van der Waals surface area contributed by atoms with Gasteiger partial charge in [0.1, 0.15) is 11.6 Å². The van der Waals surface area contributed by atoms with Crippen LogP contribution in [0.3, 0.4) is 0 Å². The molecule has 0 spiro atoms. The number of hydrogen-bond acceptors (Lipinski definition) is 6. The molecule has 0 aromatic carbocycles. The Kier molecular flexibility index (Phi) is 4.65. The first kappa shape index (κ1) is 17.2. The van der Waals surface area contributed by atoms with Crippen LogP contribution in [0.15, 0.2) is 30.6 Å². The van der Waals surface area contributed by atoms with Gasteiger partial charge in [-0.15, -0.1) is 0 Å². The monoisotopic (exact) mass is 352 g/mol. The zero-order valence-corrected chi connectivity index (χ0v) is 14.0. The van der Waals surface area contributed by atoms with Crippen LogP contribution >= 0.6 is 0 Å². The van der Waals surface area contributed by atoms with Gasteiger partial charge in [-0.25, -0.2) is 9.97 Å². The van der Waals surface area contributed by atoms with Crippen LogP contribution in [0.5, 0.6) is 0 Å². The number of halogens is 3. The molecule has 1 fully saturated rings. The molecule has 6 nitrogen and oxygen atoms in total. The van der Waals surface area contributed by atoms with Crippen molar-refractivity contribution in [2.24, 2.45) is 0 Å². The zero-order valence-electron chi connectivity index (χ0n) is 14.0. The van der Waals surface area contributed by atoms with Crippen molar-refractivity contribution in [3.05, 3.63) is 36.2 Å². The summed E-state index contributed by atoms with van der Waals surface area (Å²) in [5, 5.41) is 0. The molecule has 2 aromatic rings. The van der Waals surface area contributed by atoms with E-state index in [0.717, 1.165) is 18.0 Å². The molecule has 3 heterocycles. The first-order chi connectivity index (χ1) is 11.8. The highest BCUT2D eigenvalue weighted by Gasteiger charge is 2.31. The maximum absolute atomic E-state index is 12.8. The fraction of sp³-hybridized carbons (Fsp3) is 0.438. The number of aromatic nitrogens is 3. The van der Waals surface area contributed by atoms with Crippen molar-refractivity contribution >= 4 is 17.6 Å². The highest BCUT2D eigenvalue weighted by atomic mass is 19.4. The van der Waals surface area contributed by atoms with Gasteiger partial charge in [0.15, 0.2) is 0 Å². The molecular formula is C16H19F3N6. The third kappa shape index (κ3) is 3.92. The molecular weight excluding hydrogens is 333 g/mol. The van der Waals surface area contributed by atoms with Crippen molar-refractivity contribution in [3.8, 4) is 0 Å². The Bertz CT molecular complexity index is 726. The predicted molar refractivity (Wildman–Crippen MR) is 90.0 cm³/mol. The van der Waals surface area contributed by atoms with E-state index in [9.17, 15) is 13.2 Å². The summed E-state index contributed by atoms with van der Waals surface area (Å²) in [5.41, 5.74) is -0.679.